The van der Waals surface area contributed by atoms with Crippen molar-refractivity contribution >= 4 is 5.82 Å². The van der Waals surface area contributed by atoms with Gasteiger partial charge in [0.15, 0.2) is 0 Å². The van der Waals surface area contributed by atoms with Gasteiger partial charge in [0, 0.05) is 32.2 Å². The third kappa shape index (κ3) is 3.64. The zero-order valence-corrected chi connectivity index (χ0v) is 12.0. The highest BCUT2D eigenvalue weighted by atomic mass is 19.1. The molecule has 0 aromatic carbocycles. The number of hydrogen-bond donors (Lipinski definition) is 1. The van der Waals surface area contributed by atoms with Crippen LogP contribution in [0.4, 0.5) is 10.2 Å². The molecule has 2 rings (SSSR count). The van der Waals surface area contributed by atoms with Crippen molar-refractivity contribution in [2.24, 2.45) is 5.92 Å². The molecule has 1 unspecified atom stereocenters. The van der Waals surface area contributed by atoms with Crippen molar-refractivity contribution in [3.05, 3.63) is 23.6 Å². The molecular formula is C14H23FN4. The summed E-state index contributed by atoms with van der Waals surface area (Å²) < 4.78 is 13.3. The number of rotatable bonds is 5. The van der Waals surface area contributed by atoms with Crippen LogP contribution in [0, 0.1) is 11.7 Å². The lowest BCUT2D eigenvalue weighted by Gasteiger charge is -2.24. The van der Waals surface area contributed by atoms with E-state index in [9.17, 15) is 4.39 Å². The second-order valence-corrected chi connectivity index (χ2v) is 5.46. The van der Waals surface area contributed by atoms with Crippen molar-refractivity contribution in [1.82, 2.24) is 15.2 Å². The molecule has 0 saturated carbocycles. The van der Waals surface area contributed by atoms with Gasteiger partial charge in [-0.2, -0.15) is 0 Å². The largest absolute Gasteiger partial charge is 0.359 e. The third-order valence-electron chi connectivity index (χ3n) is 3.66. The fourth-order valence-electron chi connectivity index (χ4n) is 2.79. The lowest BCUT2D eigenvalue weighted by molar-refractivity contribution is 0.395. The number of anilines is 1. The number of likely N-dealkylation sites (tertiary alicyclic amines) is 1. The van der Waals surface area contributed by atoms with Crippen LogP contribution >= 0.6 is 0 Å². The quantitative estimate of drug-likeness (QED) is 0.871. The van der Waals surface area contributed by atoms with Crippen molar-refractivity contribution < 1.29 is 4.39 Å². The van der Waals surface area contributed by atoms with Crippen LogP contribution in [0.1, 0.15) is 12.0 Å². The predicted octanol–water partition coefficient (Wildman–Crippen LogP) is 1.33. The van der Waals surface area contributed by atoms with E-state index in [1.165, 1.54) is 19.2 Å². The smallest absolute Gasteiger partial charge is 0.141 e. The maximum Gasteiger partial charge on any atom is 0.141 e. The lowest BCUT2D eigenvalue weighted by Crippen LogP contribution is -2.29. The van der Waals surface area contributed by atoms with Crippen molar-refractivity contribution in [1.29, 1.82) is 0 Å². The molecular weight excluding hydrogens is 243 g/mol. The highest BCUT2D eigenvalue weighted by molar-refractivity contribution is 5.46. The van der Waals surface area contributed by atoms with Crippen molar-refractivity contribution in [2.75, 3.05) is 45.7 Å². The van der Waals surface area contributed by atoms with E-state index in [1.807, 2.05) is 14.1 Å². The van der Waals surface area contributed by atoms with Gasteiger partial charge in [0.2, 0.25) is 0 Å². The summed E-state index contributed by atoms with van der Waals surface area (Å²) in [5.74, 6) is 1.28. The number of halogens is 1. The second kappa shape index (κ2) is 6.30. The Morgan fingerprint density at radius 2 is 2.37 bits per heavy atom. The SMILES string of the molecule is CNCc1cc(F)cnc1N(C)CC1CCN(C)C1. The Morgan fingerprint density at radius 1 is 1.58 bits per heavy atom. The molecule has 4 nitrogen and oxygen atoms in total. The molecule has 1 atom stereocenters. The summed E-state index contributed by atoms with van der Waals surface area (Å²) in [6, 6.07) is 1.57. The molecule has 1 aromatic heterocycles. The van der Waals surface area contributed by atoms with Crippen LogP contribution in [0.15, 0.2) is 12.3 Å². The van der Waals surface area contributed by atoms with Crippen LogP contribution in [-0.2, 0) is 6.54 Å². The topological polar surface area (TPSA) is 31.4 Å². The number of nitrogens with one attached hydrogen (secondary N) is 1. The first-order valence-electron chi connectivity index (χ1n) is 6.79. The van der Waals surface area contributed by atoms with Crippen molar-refractivity contribution in [3.63, 3.8) is 0 Å². The average molecular weight is 266 g/mol. The van der Waals surface area contributed by atoms with Crippen LogP contribution < -0.4 is 10.2 Å². The molecule has 0 amide bonds. The van der Waals surface area contributed by atoms with E-state index in [-0.39, 0.29) is 5.82 Å². The molecule has 0 bridgehead atoms. The fraction of sp³-hybridized carbons (Fsp3) is 0.643. The van der Waals surface area contributed by atoms with Crippen LogP contribution in [0.3, 0.4) is 0 Å². The van der Waals surface area contributed by atoms with E-state index in [0.717, 1.165) is 24.5 Å². The van der Waals surface area contributed by atoms with Gasteiger partial charge in [0.1, 0.15) is 11.6 Å². The van der Waals surface area contributed by atoms with Gasteiger partial charge in [-0.05, 0) is 39.0 Å². The minimum atomic E-state index is -0.275. The van der Waals surface area contributed by atoms with Crippen molar-refractivity contribution in [2.45, 2.75) is 13.0 Å². The Kier molecular flexibility index (Phi) is 4.71. The Bertz CT molecular complexity index is 424. The molecule has 1 saturated heterocycles. The Balaban J connectivity index is 2.07. The van der Waals surface area contributed by atoms with Gasteiger partial charge in [0.05, 0.1) is 6.20 Å². The lowest BCUT2D eigenvalue weighted by atomic mass is 10.1. The predicted molar refractivity (Wildman–Crippen MR) is 75.8 cm³/mol. The molecule has 0 radical (unpaired) electrons. The molecule has 5 heteroatoms. The average Bonchev–Trinajstić information content (AvgIpc) is 2.75. The van der Waals surface area contributed by atoms with E-state index >= 15 is 0 Å². The minimum Gasteiger partial charge on any atom is -0.359 e. The molecule has 19 heavy (non-hydrogen) atoms. The first-order chi connectivity index (χ1) is 9.10. The molecule has 1 aliphatic heterocycles. The van der Waals surface area contributed by atoms with Gasteiger partial charge >= 0.3 is 0 Å². The van der Waals surface area contributed by atoms with E-state index in [2.05, 4.69) is 27.1 Å². The maximum absolute atomic E-state index is 13.3. The zero-order valence-electron chi connectivity index (χ0n) is 12.0. The Hall–Kier alpha value is -1.20. The van der Waals surface area contributed by atoms with Gasteiger partial charge in [-0.15, -0.1) is 0 Å². The molecule has 0 spiro atoms. The van der Waals surface area contributed by atoms with Crippen LogP contribution in [0.2, 0.25) is 0 Å². The first kappa shape index (κ1) is 14.2. The highest BCUT2D eigenvalue weighted by Gasteiger charge is 2.22. The summed E-state index contributed by atoms with van der Waals surface area (Å²) in [5, 5.41) is 3.07. The third-order valence-corrected chi connectivity index (χ3v) is 3.66. The molecule has 1 fully saturated rings. The molecule has 1 N–H and O–H groups in total. The normalized spacial score (nSPS) is 19.9. The Labute approximate surface area is 114 Å². The molecule has 1 aliphatic rings. The van der Waals surface area contributed by atoms with Gasteiger partial charge in [-0.25, -0.2) is 9.37 Å². The van der Waals surface area contributed by atoms with Gasteiger partial charge in [0.25, 0.3) is 0 Å². The summed E-state index contributed by atoms with van der Waals surface area (Å²) in [6.07, 6.45) is 2.52. The molecule has 106 valence electrons. The summed E-state index contributed by atoms with van der Waals surface area (Å²) in [7, 11) is 6.06. The minimum absolute atomic E-state index is 0.275. The van der Waals surface area contributed by atoms with Gasteiger partial charge in [-0.3, -0.25) is 0 Å². The summed E-state index contributed by atoms with van der Waals surface area (Å²) in [4.78, 5) is 8.76. The van der Waals surface area contributed by atoms with Crippen LogP contribution in [0.25, 0.3) is 0 Å². The number of pyridine rings is 1. The standard InChI is InChI=1S/C14H23FN4/c1-16-7-12-6-13(15)8-17-14(12)19(3)10-11-4-5-18(2)9-11/h6,8,11,16H,4-5,7,9-10H2,1-3H3. The summed E-state index contributed by atoms with van der Waals surface area (Å²) in [5.41, 5.74) is 0.913. The highest BCUT2D eigenvalue weighted by Crippen LogP contribution is 2.21. The zero-order chi connectivity index (χ0) is 13.8. The molecule has 1 aromatic rings. The van der Waals surface area contributed by atoms with Gasteiger partial charge in [-0.1, -0.05) is 0 Å². The van der Waals surface area contributed by atoms with E-state index < -0.39 is 0 Å². The Morgan fingerprint density at radius 3 is 3.00 bits per heavy atom. The number of hydrogen-bond acceptors (Lipinski definition) is 4. The van der Waals surface area contributed by atoms with E-state index in [0.29, 0.717) is 12.5 Å². The maximum atomic E-state index is 13.3. The van der Waals surface area contributed by atoms with Gasteiger partial charge < -0.3 is 15.1 Å². The van der Waals surface area contributed by atoms with Crippen molar-refractivity contribution in [3.8, 4) is 0 Å². The number of aromatic nitrogens is 1. The molecule has 2 heterocycles. The van der Waals surface area contributed by atoms with Crippen LogP contribution in [0.5, 0.6) is 0 Å². The first-order valence-corrected chi connectivity index (χ1v) is 6.79. The second-order valence-electron chi connectivity index (χ2n) is 5.46. The monoisotopic (exact) mass is 266 g/mol. The van der Waals surface area contributed by atoms with E-state index in [1.54, 1.807) is 6.07 Å². The fourth-order valence-corrected chi connectivity index (χ4v) is 2.79. The number of nitrogens with zero attached hydrogens (tertiary/aromatic N) is 3. The summed E-state index contributed by atoms with van der Waals surface area (Å²) in [6.45, 7) is 3.90. The van der Waals surface area contributed by atoms with Crippen LogP contribution in [-0.4, -0.2) is 50.7 Å². The van der Waals surface area contributed by atoms with E-state index in [4.69, 9.17) is 0 Å². The summed E-state index contributed by atoms with van der Waals surface area (Å²) >= 11 is 0. The molecule has 0 aliphatic carbocycles.